The Labute approximate surface area is 156 Å². The molecule has 0 fully saturated rings. The van der Waals surface area contributed by atoms with Crippen molar-refractivity contribution in [3.63, 3.8) is 0 Å². The predicted octanol–water partition coefficient (Wildman–Crippen LogP) is 4.13. The molecule has 0 aliphatic rings. The maximum Gasteiger partial charge on any atom is 0.274 e. The fourth-order valence-corrected chi connectivity index (χ4v) is 3.00. The number of benzene rings is 1. The van der Waals surface area contributed by atoms with Crippen LogP contribution in [0.3, 0.4) is 0 Å². The van der Waals surface area contributed by atoms with Crippen LogP contribution in [-0.4, -0.2) is 29.5 Å². The molecule has 2 aromatic heterocycles. The van der Waals surface area contributed by atoms with Crippen molar-refractivity contribution in [3.8, 4) is 11.5 Å². The van der Waals surface area contributed by atoms with Gasteiger partial charge in [-0.25, -0.2) is 4.98 Å². The molecule has 7 heteroatoms. The second-order valence-corrected chi connectivity index (χ2v) is 6.19. The van der Waals surface area contributed by atoms with Gasteiger partial charge in [-0.3, -0.25) is 9.20 Å². The second kappa shape index (κ2) is 7.25. The first-order chi connectivity index (χ1) is 12.5. The molecule has 1 aromatic carbocycles. The Morgan fingerprint density at radius 1 is 1.27 bits per heavy atom. The van der Waals surface area contributed by atoms with Crippen molar-refractivity contribution in [2.75, 3.05) is 19.5 Å². The average molecular weight is 374 g/mol. The zero-order chi connectivity index (χ0) is 18.8. The highest BCUT2D eigenvalue weighted by molar-refractivity contribution is 6.31. The summed E-state index contributed by atoms with van der Waals surface area (Å²) in [6.45, 7) is 3.83. The molecule has 3 aromatic rings. The molecule has 26 heavy (non-hydrogen) atoms. The fraction of sp³-hybridized carbons (Fsp3) is 0.263. The largest absolute Gasteiger partial charge is 0.495 e. The SMILES string of the molecule is CCc1nc2c(OC)cccn2c1C(=O)Nc1cc(C)c(Cl)cc1OC. The molecule has 0 aliphatic carbocycles. The minimum atomic E-state index is -0.275. The van der Waals surface area contributed by atoms with Crippen molar-refractivity contribution < 1.29 is 14.3 Å². The number of anilines is 1. The van der Waals surface area contributed by atoms with Crippen molar-refractivity contribution in [3.05, 3.63) is 52.4 Å². The Bertz CT molecular complexity index is 982. The van der Waals surface area contributed by atoms with Gasteiger partial charge >= 0.3 is 0 Å². The highest BCUT2D eigenvalue weighted by Crippen LogP contribution is 2.32. The Morgan fingerprint density at radius 2 is 2.00 bits per heavy atom. The number of amides is 1. The number of nitrogens with zero attached hydrogens (tertiary/aromatic N) is 2. The number of nitrogens with one attached hydrogen (secondary N) is 1. The number of carbonyl (C=O) groups excluding carboxylic acids is 1. The molecule has 6 nitrogen and oxygen atoms in total. The normalized spacial score (nSPS) is 10.8. The fourth-order valence-electron chi connectivity index (χ4n) is 2.85. The van der Waals surface area contributed by atoms with Gasteiger partial charge in [0.2, 0.25) is 0 Å². The Hall–Kier alpha value is -2.73. The Balaban J connectivity index is 2.07. The third-order valence-corrected chi connectivity index (χ3v) is 4.59. The number of methoxy groups -OCH3 is 2. The lowest BCUT2D eigenvalue weighted by Crippen LogP contribution is -2.17. The summed E-state index contributed by atoms with van der Waals surface area (Å²) in [4.78, 5) is 17.6. The summed E-state index contributed by atoms with van der Waals surface area (Å²) in [5, 5.41) is 3.49. The van der Waals surface area contributed by atoms with Crippen molar-refractivity contribution >= 4 is 28.8 Å². The zero-order valence-corrected chi connectivity index (χ0v) is 15.8. The number of ether oxygens (including phenoxy) is 2. The molecule has 136 valence electrons. The van der Waals surface area contributed by atoms with E-state index in [0.717, 1.165) is 5.56 Å². The highest BCUT2D eigenvalue weighted by Gasteiger charge is 2.21. The van der Waals surface area contributed by atoms with Gasteiger partial charge in [0.1, 0.15) is 11.4 Å². The summed E-state index contributed by atoms with van der Waals surface area (Å²) in [7, 11) is 3.12. The summed E-state index contributed by atoms with van der Waals surface area (Å²) in [5.74, 6) is 0.835. The van der Waals surface area contributed by atoms with Gasteiger partial charge in [-0.05, 0) is 37.1 Å². The number of fused-ring (bicyclic) bond motifs is 1. The van der Waals surface area contributed by atoms with Crippen molar-refractivity contribution in [1.82, 2.24) is 9.38 Å². The van der Waals surface area contributed by atoms with E-state index in [1.54, 1.807) is 29.8 Å². The minimum absolute atomic E-state index is 0.275. The van der Waals surface area contributed by atoms with Crippen LogP contribution in [0.15, 0.2) is 30.5 Å². The Kier molecular flexibility index (Phi) is 5.04. The van der Waals surface area contributed by atoms with Crippen molar-refractivity contribution in [2.24, 2.45) is 0 Å². The number of pyridine rings is 1. The van der Waals surface area contributed by atoms with E-state index in [1.807, 2.05) is 26.0 Å². The molecule has 0 saturated carbocycles. The van der Waals surface area contributed by atoms with Crippen LogP contribution in [-0.2, 0) is 6.42 Å². The molecule has 0 bridgehead atoms. The molecule has 0 radical (unpaired) electrons. The number of hydrogen-bond acceptors (Lipinski definition) is 4. The molecule has 1 N–H and O–H groups in total. The average Bonchev–Trinajstić information content (AvgIpc) is 3.03. The van der Waals surface area contributed by atoms with Gasteiger partial charge in [-0.15, -0.1) is 0 Å². The van der Waals surface area contributed by atoms with E-state index in [2.05, 4.69) is 10.3 Å². The van der Waals surface area contributed by atoms with Crippen LogP contribution in [0.5, 0.6) is 11.5 Å². The van der Waals surface area contributed by atoms with Crippen LogP contribution < -0.4 is 14.8 Å². The summed E-state index contributed by atoms with van der Waals surface area (Å²) in [6.07, 6.45) is 2.41. The van der Waals surface area contributed by atoms with Gasteiger partial charge in [-0.1, -0.05) is 18.5 Å². The van der Waals surface area contributed by atoms with Crippen LogP contribution in [0.25, 0.3) is 5.65 Å². The van der Waals surface area contributed by atoms with Gasteiger partial charge in [0.05, 0.1) is 25.6 Å². The van der Waals surface area contributed by atoms with Crippen molar-refractivity contribution in [2.45, 2.75) is 20.3 Å². The number of carbonyl (C=O) groups is 1. The molecule has 0 saturated heterocycles. The quantitative estimate of drug-likeness (QED) is 0.730. The van der Waals surface area contributed by atoms with E-state index in [1.165, 1.54) is 7.11 Å². The second-order valence-electron chi connectivity index (χ2n) is 5.79. The number of imidazole rings is 1. The number of rotatable bonds is 5. The first-order valence-electron chi connectivity index (χ1n) is 8.19. The molecular weight excluding hydrogens is 354 g/mol. The van der Waals surface area contributed by atoms with Gasteiger partial charge < -0.3 is 14.8 Å². The maximum absolute atomic E-state index is 13.0. The highest BCUT2D eigenvalue weighted by atomic mass is 35.5. The van der Waals surface area contributed by atoms with E-state index in [4.69, 9.17) is 21.1 Å². The van der Waals surface area contributed by atoms with E-state index in [-0.39, 0.29) is 5.91 Å². The predicted molar refractivity (Wildman–Crippen MR) is 102 cm³/mol. The van der Waals surface area contributed by atoms with E-state index in [9.17, 15) is 4.79 Å². The maximum atomic E-state index is 13.0. The summed E-state index contributed by atoms with van der Waals surface area (Å²) >= 11 is 6.14. The number of hydrogen-bond donors (Lipinski definition) is 1. The summed E-state index contributed by atoms with van der Waals surface area (Å²) in [5.41, 5.74) is 3.17. The first kappa shape index (κ1) is 18.1. The van der Waals surface area contributed by atoms with Crippen molar-refractivity contribution in [1.29, 1.82) is 0 Å². The van der Waals surface area contributed by atoms with Gasteiger partial charge in [0.25, 0.3) is 5.91 Å². The van der Waals surface area contributed by atoms with Gasteiger partial charge in [0, 0.05) is 17.3 Å². The Morgan fingerprint density at radius 3 is 2.65 bits per heavy atom. The number of aryl methyl sites for hydroxylation is 2. The molecule has 0 aliphatic heterocycles. The summed E-state index contributed by atoms with van der Waals surface area (Å²) in [6, 6.07) is 7.10. The van der Waals surface area contributed by atoms with E-state index >= 15 is 0 Å². The molecule has 1 amide bonds. The monoisotopic (exact) mass is 373 g/mol. The number of aromatic nitrogens is 2. The van der Waals surface area contributed by atoms with E-state index < -0.39 is 0 Å². The third-order valence-electron chi connectivity index (χ3n) is 4.19. The lowest BCUT2D eigenvalue weighted by Gasteiger charge is -2.13. The summed E-state index contributed by atoms with van der Waals surface area (Å²) < 4.78 is 12.4. The topological polar surface area (TPSA) is 64.9 Å². The molecule has 2 heterocycles. The van der Waals surface area contributed by atoms with Crippen LogP contribution in [0.2, 0.25) is 5.02 Å². The number of halogens is 1. The molecule has 0 spiro atoms. The molecule has 0 atom stereocenters. The first-order valence-corrected chi connectivity index (χ1v) is 8.57. The van der Waals surface area contributed by atoms with Gasteiger partial charge in [0.15, 0.2) is 11.4 Å². The lowest BCUT2D eigenvalue weighted by atomic mass is 10.2. The van der Waals surface area contributed by atoms with Gasteiger partial charge in [-0.2, -0.15) is 0 Å². The molecule has 0 unspecified atom stereocenters. The minimum Gasteiger partial charge on any atom is -0.495 e. The van der Waals surface area contributed by atoms with E-state index in [0.29, 0.717) is 45.7 Å². The molecular formula is C19H20ClN3O3. The zero-order valence-electron chi connectivity index (χ0n) is 15.1. The lowest BCUT2D eigenvalue weighted by molar-refractivity contribution is 0.102. The smallest absolute Gasteiger partial charge is 0.274 e. The van der Waals surface area contributed by atoms with Crippen LogP contribution >= 0.6 is 11.6 Å². The van der Waals surface area contributed by atoms with Crippen LogP contribution in [0.4, 0.5) is 5.69 Å². The van der Waals surface area contributed by atoms with Crippen LogP contribution in [0, 0.1) is 6.92 Å². The van der Waals surface area contributed by atoms with Crippen LogP contribution in [0.1, 0.15) is 28.7 Å². The standard InChI is InChI=1S/C19H20ClN3O3/c1-5-13-17(23-8-6-7-15(25-3)18(23)21-13)19(24)22-14-9-11(2)12(20)10-16(14)26-4/h6-10H,5H2,1-4H3,(H,22,24). The molecule has 3 rings (SSSR count). The third kappa shape index (κ3) is 3.08.